The lowest BCUT2D eigenvalue weighted by atomic mass is 10.00. The van der Waals surface area contributed by atoms with E-state index in [-0.39, 0.29) is 0 Å². The Hall–Kier alpha value is -9.01. The molecular formula is C57H32N6O2. The van der Waals surface area contributed by atoms with E-state index in [2.05, 4.69) is 150 Å². The van der Waals surface area contributed by atoms with Crippen LogP contribution < -0.4 is 0 Å². The fraction of sp³-hybridized carbons (Fsp3) is 0. The van der Waals surface area contributed by atoms with Gasteiger partial charge in [-0.25, -0.2) is 15.0 Å². The zero-order valence-corrected chi connectivity index (χ0v) is 34.5. The molecule has 0 saturated carbocycles. The average molecular weight is 833 g/mol. The maximum Gasteiger partial charge on any atom is 0.238 e. The van der Waals surface area contributed by atoms with Crippen LogP contribution in [0.1, 0.15) is 0 Å². The van der Waals surface area contributed by atoms with Gasteiger partial charge in [-0.3, -0.25) is 4.57 Å². The summed E-state index contributed by atoms with van der Waals surface area (Å²) in [4.78, 5) is 25.4. The van der Waals surface area contributed by atoms with Crippen molar-refractivity contribution in [3.8, 4) is 51.6 Å². The van der Waals surface area contributed by atoms with E-state index < -0.39 is 0 Å². The lowest BCUT2D eigenvalue weighted by Gasteiger charge is -2.12. The van der Waals surface area contributed by atoms with Gasteiger partial charge in [0, 0.05) is 33.0 Å². The van der Waals surface area contributed by atoms with Crippen molar-refractivity contribution >= 4 is 87.1 Å². The van der Waals surface area contributed by atoms with Gasteiger partial charge in [0.25, 0.3) is 0 Å². The van der Waals surface area contributed by atoms with Gasteiger partial charge in [0.15, 0.2) is 22.8 Å². The molecule has 0 bridgehead atoms. The minimum atomic E-state index is 0.536. The highest BCUT2D eigenvalue weighted by atomic mass is 16.4. The number of fused-ring (bicyclic) bond motifs is 11. The van der Waals surface area contributed by atoms with Crippen molar-refractivity contribution in [2.24, 2.45) is 0 Å². The third kappa shape index (κ3) is 5.67. The minimum absolute atomic E-state index is 0.536. The number of hydrogen-bond acceptors (Lipinski definition) is 7. The van der Waals surface area contributed by atoms with Gasteiger partial charge < -0.3 is 8.83 Å². The van der Waals surface area contributed by atoms with Crippen LogP contribution in [0.5, 0.6) is 0 Å². The molecule has 10 aromatic carbocycles. The van der Waals surface area contributed by atoms with E-state index in [0.717, 1.165) is 77.0 Å². The highest BCUT2D eigenvalue weighted by Gasteiger charge is 2.21. The first-order chi connectivity index (χ1) is 32.1. The van der Waals surface area contributed by atoms with Crippen molar-refractivity contribution in [1.82, 2.24) is 29.5 Å². The van der Waals surface area contributed by atoms with E-state index in [1.165, 1.54) is 32.3 Å². The second-order valence-electron chi connectivity index (χ2n) is 16.5. The van der Waals surface area contributed by atoms with Gasteiger partial charge in [-0.2, -0.15) is 9.97 Å². The summed E-state index contributed by atoms with van der Waals surface area (Å²) in [5, 5.41) is 11.2. The number of oxazole rings is 2. The molecule has 0 radical (unpaired) electrons. The first kappa shape index (κ1) is 35.6. The third-order valence-electron chi connectivity index (χ3n) is 12.6. The van der Waals surface area contributed by atoms with Gasteiger partial charge in [-0.15, -0.1) is 0 Å². The predicted octanol–water partition coefficient (Wildman–Crippen LogP) is 14.5. The molecule has 0 aliphatic rings. The van der Waals surface area contributed by atoms with Crippen molar-refractivity contribution in [1.29, 1.82) is 0 Å². The minimum Gasteiger partial charge on any atom is -0.436 e. The normalized spacial score (nSPS) is 12.0. The maximum absolute atomic E-state index is 6.12. The van der Waals surface area contributed by atoms with Crippen molar-refractivity contribution in [2.75, 3.05) is 0 Å². The summed E-state index contributed by atoms with van der Waals surface area (Å²) in [7, 11) is 0. The smallest absolute Gasteiger partial charge is 0.238 e. The molecule has 8 heteroatoms. The number of nitrogens with zero attached hydrogens (tertiary/aromatic N) is 6. The summed E-state index contributed by atoms with van der Waals surface area (Å²) >= 11 is 0. The molecule has 302 valence electrons. The molecule has 8 nitrogen and oxygen atoms in total. The molecule has 0 aliphatic heterocycles. The Morgan fingerprint density at radius 1 is 0.323 bits per heavy atom. The monoisotopic (exact) mass is 832 g/mol. The topological polar surface area (TPSA) is 95.7 Å². The van der Waals surface area contributed by atoms with Crippen LogP contribution in [0.3, 0.4) is 0 Å². The molecule has 65 heavy (non-hydrogen) atoms. The standard InChI is InChI=1S/C57H32N6O2/c1-3-11-43-33(9-1)25-27-47-51(43)52-44-12-4-2-10-34(44)26-28-48(52)63(47)57-61-53(39-21-17-37-31-41(23-19-35(37)29-39)55-58-45-13-5-7-15-49(45)64-55)60-54(62-57)40-22-18-38-32-42(24-20-36(38)30-40)56-59-46-14-6-8-16-50(46)65-56/h1-32H. The van der Waals surface area contributed by atoms with Crippen molar-refractivity contribution in [3.63, 3.8) is 0 Å². The summed E-state index contributed by atoms with van der Waals surface area (Å²) in [6.07, 6.45) is 0. The van der Waals surface area contributed by atoms with E-state index in [1.807, 2.05) is 48.5 Å². The molecule has 4 aromatic heterocycles. The van der Waals surface area contributed by atoms with Crippen LogP contribution in [0.15, 0.2) is 203 Å². The zero-order chi connectivity index (χ0) is 42.6. The van der Waals surface area contributed by atoms with Crippen molar-refractivity contribution < 1.29 is 8.83 Å². The molecule has 14 aromatic rings. The third-order valence-corrected chi connectivity index (χ3v) is 12.6. The summed E-state index contributed by atoms with van der Waals surface area (Å²) in [5.41, 5.74) is 8.81. The van der Waals surface area contributed by atoms with E-state index >= 15 is 0 Å². The van der Waals surface area contributed by atoms with Crippen LogP contribution >= 0.6 is 0 Å². The van der Waals surface area contributed by atoms with Gasteiger partial charge >= 0.3 is 0 Å². The Kier molecular flexibility index (Phi) is 7.52. The fourth-order valence-corrected chi connectivity index (χ4v) is 9.51. The van der Waals surface area contributed by atoms with E-state index in [1.54, 1.807) is 0 Å². The largest absolute Gasteiger partial charge is 0.436 e. The van der Waals surface area contributed by atoms with E-state index in [4.69, 9.17) is 33.8 Å². The van der Waals surface area contributed by atoms with Gasteiger partial charge in [0.2, 0.25) is 17.7 Å². The maximum atomic E-state index is 6.12. The molecule has 0 saturated heterocycles. The first-order valence-corrected chi connectivity index (χ1v) is 21.6. The number of rotatable bonds is 5. The molecule has 0 unspecified atom stereocenters. The Labute approximate surface area is 369 Å². The molecule has 4 heterocycles. The Morgan fingerprint density at radius 3 is 1.20 bits per heavy atom. The number of hydrogen-bond donors (Lipinski definition) is 0. The van der Waals surface area contributed by atoms with Gasteiger partial charge in [-0.05, 0) is 116 Å². The molecule has 0 N–H and O–H groups in total. The Bertz CT molecular complexity index is 3940. The van der Waals surface area contributed by atoms with Crippen LogP contribution in [0.4, 0.5) is 0 Å². The quantitative estimate of drug-likeness (QED) is 0.170. The molecule has 0 amide bonds. The molecule has 0 atom stereocenters. The van der Waals surface area contributed by atoms with Crippen LogP contribution in [0.25, 0.3) is 139 Å². The fourth-order valence-electron chi connectivity index (χ4n) is 9.51. The summed E-state index contributed by atoms with van der Waals surface area (Å²) in [5.74, 6) is 2.85. The van der Waals surface area contributed by atoms with E-state index in [0.29, 0.717) is 29.4 Å². The molecule has 0 fully saturated rings. The highest BCUT2D eigenvalue weighted by Crippen LogP contribution is 2.41. The van der Waals surface area contributed by atoms with Crippen molar-refractivity contribution in [2.45, 2.75) is 0 Å². The molecular weight excluding hydrogens is 801 g/mol. The van der Waals surface area contributed by atoms with Gasteiger partial charge in [-0.1, -0.05) is 121 Å². The molecule has 0 spiro atoms. The molecule has 14 rings (SSSR count). The van der Waals surface area contributed by atoms with Crippen LogP contribution in [-0.2, 0) is 0 Å². The van der Waals surface area contributed by atoms with E-state index in [9.17, 15) is 0 Å². The summed E-state index contributed by atoms with van der Waals surface area (Å²) in [6, 6.07) is 66.9. The van der Waals surface area contributed by atoms with Gasteiger partial charge in [0.05, 0.1) is 11.0 Å². The van der Waals surface area contributed by atoms with Gasteiger partial charge in [0.1, 0.15) is 11.0 Å². The highest BCUT2D eigenvalue weighted by molar-refractivity contribution is 6.28. The first-order valence-electron chi connectivity index (χ1n) is 21.6. The van der Waals surface area contributed by atoms with Crippen molar-refractivity contribution in [3.05, 3.63) is 194 Å². The Morgan fingerprint density at radius 2 is 0.723 bits per heavy atom. The second kappa shape index (κ2) is 13.7. The Balaban J connectivity index is 0.964. The summed E-state index contributed by atoms with van der Waals surface area (Å²) in [6.45, 7) is 0. The lowest BCUT2D eigenvalue weighted by molar-refractivity contribution is 0.619. The van der Waals surface area contributed by atoms with Crippen LogP contribution in [-0.4, -0.2) is 29.5 Å². The van der Waals surface area contributed by atoms with Crippen LogP contribution in [0.2, 0.25) is 0 Å². The average Bonchev–Trinajstić information content (AvgIpc) is 4.10. The zero-order valence-electron chi connectivity index (χ0n) is 34.5. The number of para-hydroxylation sites is 4. The summed E-state index contributed by atoms with van der Waals surface area (Å²) < 4.78 is 14.5. The second-order valence-corrected chi connectivity index (χ2v) is 16.5. The number of aromatic nitrogens is 6. The molecule has 0 aliphatic carbocycles. The number of benzene rings is 10. The predicted molar refractivity (Wildman–Crippen MR) is 261 cm³/mol. The van der Waals surface area contributed by atoms with Crippen LogP contribution in [0, 0.1) is 0 Å². The SMILES string of the molecule is c1ccc2c(c1)ccc1c2c2c3ccccc3ccc2n1-c1nc(-c2ccc3cc(-c4nc5ccccc5o4)ccc3c2)nc(-c2ccc3cc(-c4nc5ccccc5o4)ccc3c2)n1. The lowest BCUT2D eigenvalue weighted by Crippen LogP contribution is -2.06.